The first-order valence-electron chi connectivity index (χ1n) is 4.38. The van der Waals surface area contributed by atoms with Crippen LogP contribution >= 0.6 is 15.9 Å². The highest BCUT2D eigenvalue weighted by molar-refractivity contribution is 9.10. The monoisotopic (exact) mass is 388 g/mol. The normalized spacial score (nSPS) is 13.2. The molecule has 0 aliphatic heterocycles. The number of hydrogen-bond donors (Lipinski definition) is 0. The van der Waals surface area contributed by atoms with E-state index in [1.54, 1.807) is 0 Å². The summed E-state index contributed by atoms with van der Waals surface area (Å²) in [5.41, 5.74) is -5.78. The molecule has 0 bridgehead atoms. The van der Waals surface area contributed by atoms with Gasteiger partial charge in [0.05, 0.1) is 0 Å². The van der Waals surface area contributed by atoms with Crippen LogP contribution in [0, 0.1) is 0 Å². The van der Waals surface area contributed by atoms with Crippen molar-refractivity contribution in [3.05, 3.63) is 22.7 Å². The lowest BCUT2D eigenvalue weighted by molar-refractivity contribution is -0.275. The molecule has 20 heavy (non-hydrogen) atoms. The Labute approximate surface area is 116 Å². The molecule has 12 heteroatoms. The lowest BCUT2D eigenvalue weighted by Crippen LogP contribution is -2.28. The van der Waals surface area contributed by atoms with E-state index in [-0.39, 0.29) is 4.47 Å². The number of rotatable bonds is 3. The third-order valence-electron chi connectivity index (χ3n) is 1.61. The van der Waals surface area contributed by atoms with Gasteiger partial charge >= 0.3 is 22.0 Å². The van der Waals surface area contributed by atoms with Gasteiger partial charge in [-0.3, -0.25) is 0 Å². The maximum absolute atomic E-state index is 12.1. The Kier molecular flexibility index (Phi) is 4.49. The largest absolute Gasteiger partial charge is 0.573 e. The average Bonchev–Trinajstić information content (AvgIpc) is 2.18. The van der Waals surface area contributed by atoms with Gasteiger partial charge in [-0.15, -0.1) is 13.2 Å². The van der Waals surface area contributed by atoms with Crippen LogP contribution < -0.4 is 8.92 Å². The predicted molar refractivity (Wildman–Crippen MR) is 56.4 cm³/mol. The highest BCUT2D eigenvalue weighted by atomic mass is 79.9. The zero-order valence-corrected chi connectivity index (χ0v) is 11.3. The molecule has 4 nitrogen and oxygen atoms in total. The Bertz CT molecular complexity index is 594. The Morgan fingerprint density at radius 3 is 2.00 bits per heavy atom. The zero-order valence-electron chi connectivity index (χ0n) is 8.92. The van der Waals surface area contributed by atoms with E-state index in [1.165, 1.54) is 0 Å². The molecular formula is C8H3BrF6O4S. The molecular weight excluding hydrogens is 386 g/mol. The first-order valence-corrected chi connectivity index (χ1v) is 6.58. The second-order valence-corrected chi connectivity index (χ2v) is 5.58. The average molecular weight is 389 g/mol. The molecule has 0 N–H and O–H groups in total. The first-order chi connectivity index (χ1) is 8.82. The zero-order chi connectivity index (χ0) is 15.8. The predicted octanol–water partition coefficient (Wildman–Crippen LogP) is 3.58. The molecule has 1 aromatic rings. The molecule has 0 aromatic heterocycles. The molecule has 114 valence electrons. The van der Waals surface area contributed by atoms with Gasteiger partial charge in [0.2, 0.25) is 0 Å². The molecule has 0 saturated heterocycles. The minimum atomic E-state index is -6.10. The van der Waals surface area contributed by atoms with E-state index in [2.05, 4.69) is 24.8 Å². The Balaban J connectivity index is 3.20. The van der Waals surface area contributed by atoms with Crippen LogP contribution in [0.1, 0.15) is 0 Å². The number of ether oxygens (including phenoxy) is 1. The summed E-state index contributed by atoms with van der Waals surface area (Å²) in [7, 11) is -6.10. The van der Waals surface area contributed by atoms with Gasteiger partial charge in [-0.05, 0) is 18.2 Å². The van der Waals surface area contributed by atoms with Crippen molar-refractivity contribution in [2.45, 2.75) is 11.9 Å². The van der Waals surface area contributed by atoms with E-state index < -0.39 is 33.5 Å². The summed E-state index contributed by atoms with van der Waals surface area (Å²) in [5.74, 6) is -2.48. The smallest absolute Gasteiger partial charge is 0.402 e. The van der Waals surface area contributed by atoms with Crippen LogP contribution in [-0.2, 0) is 10.1 Å². The number of benzene rings is 1. The molecule has 0 aliphatic rings. The summed E-state index contributed by atoms with van der Waals surface area (Å²) < 4.78 is 101. The van der Waals surface area contributed by atoms with Crippen LogP contribution in [0.15, 0.2) is 22.7 Å². The van der Waals surface area contributed by atoms with Crippen molar-refractivity contribution in [3.8, 4) is 11.5 Å². The fourth-order valence-electron chi connectivity index (χ4n) is 0.921. The molecule has 0 aliphatic carbocycles. The topological polar surface area (TPSA) is 52.6 Å². The Hall–Kier alpha value is -1.17. The summed E-state index contributed by atoms with van der Waals surface area (Å²) in [4.78, 5) is 0. The second-order valence-electron chi connectivity index (χ2n) is 3.12. The summed E-state index contributed by atoms with van der Waals surface area (Å²) >= 11 is 2.75. The van der Waals surface area contributed by atoms with E-state index in [4.69, 9.17) is 0 Å². The second kappa shape index (κ2) is 5.31. The summed E-state index contributed by atoms with van der Waals surface area (Å²) in [6.07, 6.45) is -5.24. The minimum Gasteiger partial charge on any atom is -0.402 e. The molecule has 0 fully saturated rings. The molecule has 0 unspecified atom stereocenters. The van der Waals surface area contributed by atoms with Gasteiger partial charge in [-0.2, -0.15) is 21.6 Å². The van der Waals surface area contributed by atoms with E-state index in [0.717, 1.165) is 6.07 Å². The van der Waals surface area contributed by atoms with E-state index in [0.29, 0.717) is 12.1 Å². The van der Waals surface area contributed by atoms with Crippen LogP contribution in [-0.4, -0.2) is 20.3 Å². The molecule has 1 rings (SSSR count). The standard InChI is InChI=1S/C8H3BrF6O4S/c9-4-1-2-5(6(3-4)18-7(10,11)12)19-20(16,17)8(13,14)15/h1-3H. The van der Waals surface area contributed by atoms with Gasteiger partial charge in [0.15, 0.2) is 11.5 Å². The molecule has 0 radical (unpaired) electrons. The SMILES string of the molecule is O=S(=O)(Oc1ccc(Br)cc1OC(F)(F)F)C(F)(F)F. The van der Waals surface area contributed by atoms with Crippen molar-refractivity contribution in [1.29, 1.82) is 0 Å². The van der Waals surface area contributed by atoms with Gasteiger partial charge in [0, 0.05) is 4.47 Å². The van der Waals surface area contributed by atoms with E-state index >= 15 is 0 Å². The van der Waals surface area contributed by atoms with Crippen molar-refractivity contribution in [2.24, 2.45) is 0 Å². The van der Waals surface area contributed by atoms with Gasteiger partial charge in [0.25, 0.3) is 0 Å². The lowest BCUT2D eigenvalue weighted by Gasteiger charge is -2.15. The Morgan fingerprint density at radius 1 is 1.00 bits per heavy atom. The van der Waals surface area contributed by atoms with Crippen molar-refractivity contribution in [2.75, 3.05) is 0 Å². The van der Waals surface area contributed by atoms with Crippen molar-refractivity contribution in [1.82, 2.24) is 0 Å². The molecule has 0 atom stereocenters. The first kappa shape index (κ1) is 16.9. The van der Waals surface area contributed by atoms with Crippen molar-refractivity contribution in [3.63, 3.8) is 0 Å². The summed E-state index contributed by atoms with van der Waals surface area (Å²) in [6.45, 7) is 0. The van der Waals surface area contributed by atoms with Gasteiger partial charge < -0.3 is 8.92 Å². The highest BCUT2D eigenvalue weighted by Gasteiger charge is 2.49. The van der Waals surface area contributed by atoms with Crippen molar-refractivity contribution >= 4 is 26.0 Å². The van der Waals surface area contributed by atoms with Gasteiger partial charge in [-0.25, -0.2) is 0 Å². The van der Waals surface area contributed by atoms with Crippen LogP contribution in [0.2, 0.25) is 0 Å². The van der Waals surface area contributed by atoms with Crippen LogP contribution in [0.4, 0.5) is 26.3 Å². The maximum Gasteiger partial charge on any atom is 0.573 e. The molecule has 0 heterocycles. The fourth-order valence-corrected chi connectivity index (χ4v) is 1.73. The van der Waals surface area contributed by atoms with E-state index in [9.17, 15) is 34.8 Å². The lowest BCUT2D eigenvalue weighted by atomic mass is 10.3. The molecule has 1 aromatic carbocycles. The molecule has 0 saturated carbocycles. The van der Waals surface area contributed by atoms with Crippen LogP contribution in [0.25, 0.3) is 0 Å². The third kappa shape index (κ3) is 4.44. The van der Waals surface area contributed by atoms with Crippen LogP contribution in [0.5, 0.6) is 11.5 Å². The van der Waals surface area contributed by atoms with Gasteiger partial charge in [0.1, 0.15) is 0 Å². The molecule has 0 spiro atoms. The van der Waals surface area contributed by atoms with Crippen molar-refractivity contribution < 1.29 is 43.7 Å². The minimum absolute atomic E-state index is 0.00788. The highest BCUT2D eigenvalue weighted by Crippen LogP contribution is 2.37. The fraction of sp³-hybridized carbons (Fsp3) is 0.250. The number of halogens is 7. The van der Waals surface area contributed by atoms with E-state index in [1.807, 2.05) is 0 Å². The summed E-state index contributed by atoms with van der Waals surface area (Å²) in [6, 6.07) is 2.16. The van der Waals surface area contributed by atoms with Crippen LogP contribution in [0.3, 0.4) is 0 Å². The quantitative estimate of drug-likeness (QED) is 0.451. The molecule has 0 amide bonds. The van der Waals surface area contributed by atoms with Gasteiger partial charge in [-0.1, -0.05) is 15.9 Å². The number of alkyl halides is 6. The Morgan fingerprint density at radius 2 is 1.55 bits per heavy atom. The summed E-state index contributed by atoms with van der Waals surface area (Å²) in [5, 5.41) is 0. The maximum atomic E-state index is 12.1. The third-order valence-corrected chi connectivity index (χ3v) is 3.07. The number of hydrogen-bond acceptors (Lipinski definition) is 4.